The van der Waals surface area contributed by atoms with Crippen LogP contribution in [0.2, 0.25) is 0 Å². The minimum absolute atomic E-state index is 0.0319. The second-order valence-electron chi connectivity index (χ2n) is 5.79. The van der Waals surface area contributed by atoms with E-state index in [4.69, 9.17) is 9.15 Å². The Bertz CT molecular complexity index is 819. The standard InChI is InChI=1S/C17H18O5.C2H6/c1-4-5-10-6-13(19)22-17-14(10)11(18)7-12-15(17)16(20)8(2)9(3)21-12;1-2/h6-9,18H,4-5H2,1-3H3;1-2H3/t8?,9-;/m1./s1. The molecule has 1 aliphatic heterocycles. The van der Waals surface area contributed by atoms with E-state index >= 15 is 0 Å². The van der Waals surface area contributed by atoms with Crippen LogP contribution >= 0.6 is 0 Å². The number of rotatable bonds is 2. The Morgan fingerprint density at radius 1 is 1.17 bits per heavy atom. The summed E-state index contributed by atoms with van der Waals surface area (Å²) in [5.74, 6) is -0.219. The summed E-state index contributed by atoms with van der Waals surface area (Å²) in [6, 6.07) is 2.81. The van der Waals surface area contributed by atoms with Gasteiger partial charge in [0.2, 0.25) is 0 Å². The van der Waals surface area contributed by atoms with E-state index in [1.54, 1.807) is 13.8 Å². The molecule has 0 aliphatic carbocycles. The first kappa shape index (κ1) is 18.0. The fourth-order valence-electron chi connectivity index (χ4n) is 2.91. The van der Waals surface area contributed by atoms with E-state index in [1.807, 2.05) is 20.8 Å². The molecular formula is C19H24O5. The van der Waals surface area contributed by atoms with Crippen LogP contribution in [0.15, 0.2) is 21.3 Å². The van der Waals surface area contributed by atoms with Crippen LogP contribution in [0, 0.1) is 5.92 Å². The third-order valence-corrected chi connectivity index (χ3v) is 4.24. The first-order valence-electron chi connectivity index (χ1n) is 8.47. The van der Waals surface area contributed by atoms with E-state index in [-0.39, 0.29) is 40.5 Å². The maximum Gasteiger partial charge on any atom is 0.336 e. The van der Waals surface area contributed by atoms with Crippen LogP contribution in [0.25, 0.3) is 11.0 Å². The Morgan fingerprint density at radius 3 is 2.46 bits per heavy atom. The largest absolute Gasteiger partial charge is 0.507 e. The zero-order valence-electron chi connectivity index (χ0n) is 14.8. The molecule has 0 amide bonds. The highest BCUT2D eigenvalue weighted by molar-refractivity contribution is 6.12. The van der Waals surface area contributed by atoms with Gasteiger partial charge in [0.1, 0.15) is 23.2 Å². The van der Waals surface area contributed by atoms with Crippen LogP contribution in [-0.2, 0) is 6.42 Å². The summed E-state index contributed by atoms with van der Waals surface area (Å²) in [4.78, 5) is 24.4. The molecule has 1 N–H and O–H groups in total. The Balaban J connectivity index is 0.00000100. The van der Waals surface area contributed by atoms with Crippen LogP contribution in [0.5, 0.6) is 11.5 Å². The maximum atomic E-state index is 12.6. The zero-order chi connectivity index (χ0) is 18.0. The van der Waals surface area contributed by atoms with Crippen LogP contribution in [0.3, 0.4) is 0 Å². The molecule has 24 heavy (non-hydrogen) atoms. The number of fused-ring (bicyclic) bond motifs is 3. The highest BCUT2D eigenvalue weighted by Crippen LogP contribution is 2.41. The minimum Gasteiger partial charge on any atom is -0.507 e. The molecule has 0 spiro atoms. The number of phenols is 1. The Labute approximate surface area is 141 Å². The molecule has 0 saturated heterocycles. The van der Waals surface area contributed by atoms with Gasteiger partial charge in [0.15, 0.2) is 11.4 Å². The summed E-state index contributed by atoms with van der Waals surface area (Å²) in [5, 5.41) is 10.7. The lowest BCUT2D eigenvalue weighted by atomic mass is 9.89. The molecule has 2 aromatic rings. The van der Waals surface area contributed by atoms with Crippen molar-refractivity contribution in [2.45, 2.75) is 53.6 Å². The molecule has 1 unspecified atom stereocenters. The van der Waals surface area contributed by atoms with Gasteiger partial charge >= 0.3 is 5.63 Å². The summed E-state index contributed by atoms with van der Waals surface area (Å²) in [6.07, 6.45) is 1.14. The van der Waals surface area contributed by atoms with E-state index in [9.17, 15) is 14.7 Å². The second-order valence-corrected chi connectivity index (χ2v) is 5.79. The van der Waals surface area contributed by atoms with Crippen molar-refractivity contribution in [3.8, 4) is 11.5 Å². The summed E-state index contributed by atoms with van der Waals surface area (Å²) in [5.41, 5.74) is 0.555. The summed E-state index contributed by atoms with van der Waals surface area (Å²) in [6.45, 7) is 9.56. The first-order chi connectivity index (χ1) is 11.4. The van der Waals surface area contributed by atoms with E-state index in [2.05, 4.69) is 0 Å². The number of benzene rings is 1. The molecule has 0 fully saturated rings. The average Bonchev–Trinajstić information content (AvgIpc) is 2.54. The van der Waals surface area contributed by atoms with E-state index in [0.29, 0.717) is 17.4 Å². The zero-order valence-corrected chi connectivity index (χ0v) is 14.8. The third-order valence-electron chi connectivity index (χ3n) is 4.24. The molecular weight excluding hydrogens is 308 g/mol. The van der Waals surface area contributed by atoms with Gasteiger partial charge in [0.05, 0.1) is 11.3 Å². The Hall–Kier alpha value is -2.30. The molecule has 5 heteroatoms. The summed E-state index contributed by atoms with van der Waals surface area (Å²) >= 11 is 0. The van der Waals surface area contributed by atoms with Gasteiger partial charge in [0.25, 0.3) is 0 Å². The van der Waals surface area contributed by atoms with E-state index < -0.39 is 5.63 Å². The van der Waals surface area contributed by atoms with Gasteiger partial charge in [-0.2, -0.15) is 0 Å². The molecule has 130 valence electrons. The topological polar surface area (TPSA) is 76.7 Å². The molecule has 1 aromatic carbocycles. The SMILES string of the molecule is CC.CCCc1cc(=O)oc2c3c(cc(O)c12)O[C@H](C)C(C)C3=O. The van der Waals surface area contributed by atoms with Crippen molar-refractivity contribution in [3.05, 3.63) is 33.7 Å². The molecule has 0 radical (unpaired) electrons. The van der Waals surface area contributed by atoms with Gasteiger partial charge in [-0.05, 0) is 18.9 Å². The van der Waals surface area contributed by atoms with Crippen molar-refractivity contribution >= 4 is 16.8 Å². The normalized spacial score (nSPS) is 19.3. The second kappa shape index (κ2) is 7.07. The van der Waals surface area contributed by atoms with Crippen molar-refractivity contribution in [1.82, 2.24) is 0 Å². The van der Waals surface area contributed by atoms with Gasteiger partial charge in [0, 0.05) is 12.1 Å². The van der Waals surface area contributed by atoms with E-state index in [1.165, 1.54) is 12.1 Å². The number of carbonyl (C=O) groups is 1. The average molecular weight is 332 g/mol. The fraction of sp³-hybridized carbons (Fsp3) is 0.474. The van der Waals surface area contributed by atoms with Gasteiger partial charge in [-0.3, -0.25) is 4.79 Å². The predicted molar refractivity (Wildman–Crippen MR) is 93.1 cm³/mol. The molecule has 3 rings (SSSR count). The van der Waals surface area contributed by atoms with Crippen LogP contribution in [-0.4, -0.2) is 17.0 Å². The summed E-state index contributed by atoms with van der Waals surface area (Å²) in [7, 11) is 0. The third kappa shape index (κ3) is 2.90. The number of aryl methyl sites for hydroxylation is 1. The maximum absolute atomic E-state index is 12.6. The van der Waals surface area contributed by atoms with Crippen molar-refractivity contribution in [1.29, 1.82) is 0 Å². The number of ketones is 1. The highest BCUT2D eigenvalue weighted by atomic mass is 16.5. The van der Waals surface area contributed by atoms with E-state index in [0.717, 1.165) is 6.42 Å². The highest BCUT2D eigenvalue weighted by Gasteiger charge is 2.35. The Morgan fingerprint density at radius 2 is 1.83 bits per heavy atom. The Kier molecular flexibility index (Phi) is 5.32. The van der Waals surface area contributed by atoms with Gasteiger partial charge < -0.3 is 14.3 Å². The van der Waals surface area contributed by atoms with Crippen molar-refractivity contribution in [2.75, 3.05) is 0 Å². The van der Waals surface area contributed by atoms with Gasteiger partial charge in [-0.1, -0.05) is 34.1 Å². The molecule has 1 aliphatic rings. The number of hydrogen-bond acceptors (Lipinski definition) is 5. The van der Waals surface area contributed by atoms with Crippen LogP contribution < -0.4 is 10.4 Å². The molecule has 2 heterocycles. The lowest BCUT2D eigenvalue weighted by Gasteiger charge is -2.28. The molecule has 0 saturated carbocycles. The number of ether oxygens (including phenoxy) is 1. The number of Topliss-reactive ketones (excluding diaryl/α,β-unsaturated/α-hetero) is 1. The fourth-order valence-corrected chi connectivity index (χ4v) is 2.91. The van der Waals surface area contributed by atoms with Crippen molar-refractivity contribution in [3.63, 3.8) is 0 Å². The first-order valence-corrected chi connectivity index (χ1v) is 8.47. The van der Waals surface area contributed by atoms with Crippen LogP contribution in [0.4, 0.5) is 0 Å². The van der Waals surface area contributed by atoms with Crippen molar-refractivity contribution < 1.29 is 19.1 Å². The molecule has 0 bridgehead atoms. The monoisotopic (exact) mass is 332 g/mol. The minimum atomic E-state index is -0.525. The lowest BCUT2D eigenvalue weighted by molar-refractivity contribution is 0.0731. The summed E-state index contributed by atoms with van der Waals surface area (Å²) < 4.78 is 11.0. The van der Waals surface area contributed by atoms with Crippen LogP contribution in [0.1, 0.15) is 57.0 Å². The quantitative estimate of drug-likeness (QED) is 0.839. The van der Waals surface area contributed by atoms with Crippen molar-refractivity contribution in [2.24, 2.45) is 5.92 Å². The van der Waals surface area contributed by atoms with Gasteiger partial charge in [-0.15, -0.1) is 0 Å². The number of hydrogen-bond donors (Lipinski definition) is 1. The lowest BCUT2D eigenvalue weighted by Crippen LogP contribution is -2.33. The molecule has 5 nitrogen and oxygen atoms in total. The smallest absolute Gasteiger partial charge is 0.336 e. The number of phenolic OH excluding ortho intramolecular Hbond substituents is 1. The number of aromatic hydroxyl groups is 1. The molecule has 1 aromatic heterocycles. The number of carbonyl (C=O) groups excluding carboxylic acids is 1. The predicted octanol–water partition coefficient (Wildman–Crippen LogP) is 4.08. The van der Waals surface area contributed by atoms with Gasteiger partial charge in [-0.25, -0.2) is 4.79 Å². The molecule has 2 atom stereocenters.